The average Bonchev–Trinajstić information content (AvgIpc) is 2.46. The van der Waals surface area contributed by atoms with Crippen molar-refractivity contribution in [1.29, 1.82) is 0 Å². The van der Waals surface area contributed by atoms with Gasteiger partial charge in [0.15, 0.2) is 0 Å². The number of aromatic nitrogens is 1. The van der Waals surface area contributed by atoms with Gasteiger partial charge in [0.25, 0.3) is 0 Å². The van der Waals surface area contributed by atoms with E-state index < -0.39 is 0 Å². The highest BCUT2D eigenvalue weighted by atomic mass is 16.3. The van der Waals surface area contributed by atoms with Crippen molar-refractivity contribution in [1.82, 2.24) is 10.3 Å². The Morgan fingerprint density at radius 3 is 2.50 bits per heavy atom. The maximum Gasteiger partial charge on any atom is 0.133 e. The van der Waals surface area contributed by atoms with Crippen molar-refractivity contribution in [2.24, 2.45) is 0 Å². The van der Waals surface area contributed by atoms with Crippen molar-refractivity contribution >= 4 is 0 Å². The molecule has 0 radical (unpaired) electrons. The maximum absolute atomic E-state index is 9.21. The molecular formula is C17H22N2O. The third-order valence-electron chi connectivity index (χ3n) is 3.44. The number of pyridine rings is 1. The van der Waals surface area contributed by atoms with E-state index in [1.165, 1.54) is 11.8 Å². The van der Waals surface area contributed by atoms with Gasteiger partial charge in [0.05, 0.1) is 11.9 Å². The van der Waals surface area contributed by atoms with E-state index >= 15 is 0 Å². The molecule has 0 saturated heterocycles. The van der Waals surface area contributed by atoms with Crippen LogP contribution in [0.4, 0.5) is 0 Å². The van der Waals surface area contributed by atoms with E-state index in [0.29, 0.717) is 6.54 Å². The van der Waals surface area contributed by atoms with E-state index in [0.717, 1.165) is 18.5 Å². The predicted octanol–water partition coefficient (Wildman–Crippen LogP) is 3.29. The molecule has 0 spiro atoms. The molecule has 106 valence electrons. The minimum Gasteiger partial charge on any atom is -0.506 e. The monoisotopic (exact) mass is 270 g/mol. The van der Waals surface area contributed by atoms with Gasteiger partial charge < -0.3 is 10.4 Å². The number of hydrogen-bond acceptors (Lipinski definition) is 3. The Balaban J connectivity index is 1.83. The lowest BCUT2D eigenvalue weighted by Gasteiger charge is -2.26. The van der Waals surface area contributed by atoms with Crippen LogP contribution in [0, 0.1) is 0 Å². The van der Waals surface area contributed by atoms with Crippen LogP contribution in [0.15, 0.2) is 48.7 Å². The van der Waals surface area contributed by atoms with Crippen molar-refractivity contribution in [3.8, 4) is 5.75 Å². The summed E-state index contributed by atoms with van der Waals surface area (Å²) in [6.45, 7) is 5.12. The summed E-state index contributed by atoms with van der Waals surface area (Å²) in [7, 11) is 0. The fourth-order valence-electron chi connectivity index (χ4n) is 2.04. The van der Waals surface area contributed by atoms with Gasteiger partial charge in [0, 0.05) is 12.1 Å². The molecule has 2 N–H and O–H groups in total. The van der Waals surface area contributed by atoms with E-state index in [2.05, 4.69) is 48.4 Å². The Bertz CT molecular complexity index is 520. The van der Waals surface area contributed by atoms with Crippen LogP contribution in [-0.2, 0) is 13.0 Å². The third-order valence-corrected chi connectivity index (χ3v) is 3.44. The molecular weight excluding hydrogens is 248 g/mol. The van der Waals surface area contributed by atoms with Crippen LogP contribution >= 0.6 is 0 Å². The van der Waals surface area contributed by atoms with E-state index in [9.17, 15) is 5.11 Å². The lowest BCUT2D eigenvalue weighted by Crippen LogP contribution is -2.39. The molecule has 20 heavy (non-hydrogen) atoms. The molecule has 0 bridgehead atoms. The minimum atomic E-state index is 0.0510. The molecule has 0 saturated carbocycles. The predicted molar refractivity (Wildman–Crippen MR) is 81.6 cm³/mol. The highest BCUT2D eigenvalue weighted by molar-refractivity contribution is 5.18. The van der Waals surface area contributed by atoms with Gasteiger partial charge in [-0.1, -0.05) is 30.3 Å². The topological polar surface area (TPSA) is 45.1 Å². The van der Waals surface area contributed by atoms with Gasteiger partial charge in [-0.3, -0.25) is 4.98 Å². The van der Waals surface area contributed by atoms with Crippen molar-refractivity contribution in [2.45, 2.75) is 38.8 Å². The summed E-state index contributed by atoms with van der Waals surface area (Å²) >= 11 is 0. The molecule has 0 atom stereocenters. The van der Waals surface area contributed by atoms with Crippen LogP contribution in [0.1, 0.15) is 31.5 Å². The number of aryl methyl sites for hydroxylation is 1. The zero-order chi connectivity index (χ0) is 14.4. The van der Waals surface area contributed by atoms with Gasteiger partial charge in [0.1, 0.15) is 5.75 Å². The third kappa shape index (κ3) is 4.67. The van der Waals surface area contributed by atoms with Gasteiger partial charge in [-0.05, 0) is 44.4 Å². The Hall–Kier alpha value is -1.87. The Labute approximate surface area is 120 Å². The normalized spacial score (nSPS) is 11.5. The highest BCUT2D eigenvalue weighted by Crippen LogP contribution is 2.14. The lowest BCUT2D eigenvalue weighted by molar-refractivity contribution is 0.358. The molecule has 0 unspecified atom stereocenters. The first-order valence-corrected chi connectivity index (χ1v) is 6.98. The molecule has 1 heterocycles. The number of aromatic hydroxyl groups is 1. The van der Waals surface area contributed by atoms with Gasteiger partial charge in [0.2, 0.25) is 0 Å². The first kappa shape index (κ1) is 14.5. The van der Waals surface area contributed by atoms with Gasteiger partial charge >= 0.3 is 0 Å². The number of nitrogens with one attached hydrogen (secondary N) is 1. The standard InChI is InChI=1S/C17H22N2O/c1-17(2,11-10-14-6-4-3-5-7-14)19-12-15-8-9-16(20)13-18-15/h3-9,13,19-20H,10-12H2,1-2H3. The maximum atomic E-state index is 9.21. The SMILES string of the molecule is CC(C)(CCc1ccccc1)NCc1ccc(O)cn1. The molecule has 2 aromatic rings. The van der Waals surface area contributed by atoms with Crippen LogP contribution in [0.5, 0.6) is 5.75 Å². The van der Waals surface area contributed by atoms with Crippen molar-refractivity contribution in [2.75, 3.05) is 0 Å². The van der Waals surface area contributed by atoms with Crippen LogP contribution in [0.2, 0.25) is 0 Å². The zero-order valence-corrected chi connectivity index (χ0v) is 12.1. The number of nitrogens with zero attached hydrogens (tertiary/aromatic N) is 1. The van der Waals surface area contributed by atoms with Gasteiger partial charge in [-0.2, -0.15) is 0 Å². The van der Waals surface area contributed by atoms with E-state index in [4.69, 9.17) is 0 Å². The number of benzene rings is 1. The van der Waals surface area contributed by atoms with Crippen molar-refractivity contribution < 1.29 is 5.11 Å². The summed E-state index contributed by atoms with van der Waals surface area (Å²) in [5.41, 5.74) is 2.36. The summed E-state index contributed by atoms with van der Waals surface area (Å²) < 4.78 is 0. The van der Waals surface area contributed by atoms with E-state index in [1.807, 2.05) is 12.1 Å². The molecule has 0 amide bonds. The molecule has 0 fully saturated rings. The first-order valence-electron chi connectivity index (χ1n) is 6.98. The summed E-state index contributed by atoms with van der Waals surface area (Å²) in [4.78, 5) is 4.19. The van der Waals surface area contributed by atoms with Crippen LogP contribution in [0.25, 0.3) is 0 Å². The summed E-state index contributed by atoms with van der Waals surface area (Å²) in [6.07, 6.45) is 3.60. The molecule has 1 aromatic carbocycles. The Morgan fingerprint density at radius 2 is 1.85 bits per heavy atom. The molecule has 0 aliphatic carbocycles. The van der Waals surface area contributed by atoms with Crippen molar-refractivity contribution in [3.63, 3.8) is 0 Å². The van der Waals surface area contributed by atoms with E-state index in [1.54, 1.807) is 6.07 Å². The van der Waals surface area contributed by atoms with Crippen LogP contribution < -0.4 is 5.32 Å². The second-order valence-electron chi connectivity index (χ2n) is 5.73. The zero-order valence-electron chi connectivity index (χ0n) is 12.1. The Kier molecular flexibility index (Phi) is 4.74. The summed E-state index contributed by atoms with van der Waals surface area (Å²) in [5.74, 6) is 0.206. The fraction of sp³-hybridized carbons (Fsp3) is 0.353. The molecule has 3 nitrogen and oxygen atoms in total. The molecule has 1 aromatic heterocycles. The minimum absolute atomic E-state index is 0.0510. The average molecular weight is 270 g/mol. The molecule has 0 aliphatic rings. The Morgan fingerprint density at radius 1 is 1.10 bits per heavy atom. The second-order valence-corrected chi connectivity index (χ2v) is 5.73. The first-order chi connectivity index (χ1) is 9.55. The number of hydrogen-bond donors (Lipinski definition) is 2. The smallest absolute Gasteiger partial charge is 0.133 e. The summed E-state index contributed by atoms with van der Waals surface area (Å²) in [5, 5.41) is 12.7. The lowest BCUT2D eigenvalue weighted by atomic mass is 9.95. The second kappa shape index (κ2) is 6.53. The van der Waals surface area contributed by atoms with E-state index in [-0.39, 0.29) is 11.3 Å². The van der Waals surface area contributed by atoms with Gasteiger partial charge in [-0.25, -0.2) is 0 Å². The quantitative estimate of drug-likeness (QED) is 0.846. The molecule has 2 rings (SSSR count). The van der Waals surface area contributed by atoms with Crippen LogP contribution in [0.3, 0.4) is 0 Å². The number of rotatable bonds is 6. The highest BCUT2D eigenvalue weighted by Gasteiger charge is 2.16. The van der Waals surface area contributed by atoms with Gasteiger partial charge in [-0.15, -0.1) is 0 Å². The molecule has 3 heteroatoms. The van der Waals surface area contributed by atoms with Crippen LogP contribution in [-0.4, -0.2) is 15.6 Å². The fourth-order valence-corrected chi connectivity index (χ4v) is 2.04. The molecule has 0 aliphatic heterocycles. The van der Waals surface area contributed by atoms with Crippen molar-refractivity contribution in [3.05, 3.63) is 59.9 Å². The largest absolute Gasteiger partial charge is 0.506 e. The summed E-state index contributed by atoms with van der Waals surface area (Å²) in [6, 6.07) is 14.0.